The summed E-state index contributed by atoms with van der Waals surface area (Å²) >= 11 is 0. The summed E-state index contributed by atoms with van der Waals surface area (Å²) in [7, 11) is 0. The Balaban J connectivity index is -0.0000000836. The van der Waals surface area contributed by atoms with Gasteiger partial charge < -0.3 is 12.4 Å². The first-order chi connectivity index (χ1) is 3.50. The van der Waals surface area contributed by atoms with Gasteiger partial charge in [0, 0.05) is 0 Å². The van der Waals surface area contributed by atoms with Crippen molar-refractivity contribution < 1.29 is 0 Å². The van der Waals surface area contributed by atoms with Crippen molar-refractivity contribution in [2.45, 2.75) is 13.8 Å². The van der Waals surface area contributed by atoms with Crippen LogP contribution in [0.15, 0.2) is 24.5 Å². The van der Waals surface area contributed by atoms with E-state index < -0.39 is 0 Å². The van der Waals surface area contributed by atoms with Gasteiger partial charge >= 0.3 is 0 Å². The third-order valence-electron chi connectivity index (χ3n) is 0.455. The maximum Gasteiger partial charge on any atom is 0 e. The second kappa shape index (κ2) is 16.3. The van der Waals surface area contributed by atoms with Gasteiger partial charge in [0.2, 0.25) is 0 Å². The van der Waals surface area contributed by atoms with Crippen LogP contribution in [0.4, 0.5) is 0 Å². The van der Waals surface area contributed by atoms with E-state index in [0.717, 1.165) is 0 Å². The fourth-order valence-electron chi connectivity index (χ4n) is 0.248. The van der Waals surface area contributed by atoms with Gasteiger partial charge in [0.25, 0.3) is 0 Å². The number of hydrogen-bond donors (Lipinski definition) is 0. The minimum absolute atomic E-state index is 0. The fraction of sp³-hybridized carbons (Fsp3) is 0.286. The average molecular weight is 358 g/mol. The molecule has 0 radical (unpaired) electrons. The molecule has 2 heteroatoms. The maximum atomic E-state index is 3.72. The van der Waals surface area contributed by atoms with Crippen LogP contribution in [0, 0.1) is 7.43 Å². The van der Waals surface area contributed by atoms with Crippen LogP contribution in [0.25, 0.3) is 0 Å². The van der Waals surface area contributed by atoms with Gasteiger partial charge in [-0.15, -0.1) is 0 Å². The van der Waals surface area contributed by atoms with Crippen molar-refractivity contribution in [1.82, 2.24) is 4.98 Å². The molecule has 0 unspecified atom stereocenters. The molecule has 0 saturated carbocycles. The van der Waals surface area contributed by atoms with Crippen LogP contribution in [0.1, 0.15) is 13.8 Å². The molecule has 0 amide bonds. The van der Waals surface area contributed by atoms with Gasteiger partial charge in [-0.2, -0.15) is 12.4 Å². The van der Waals surface area contributed by atoms with Crippen molar-refractivity contribution in [1.29, 1.82) is 0 Å². The summed E-state index contributed by atoms with van der Waals surface area (Å²) in [6, 6.07) is 3.78. The zero-order valence-corrected chi connectivity index (χ0v) is 9.05. The predicted octanol–water partition coefficient (Wildman–Crippen LogP) is 2.12. The summed E-state index contributed by atoms with van der Waals surface area (Å²) < 4.78 is 0. The van der Waals surface area contributed by atoms with Crippen molar-refractivity contribution >= 4 is 0 Å². The Morgan fingerprint density at radius 1 is 1.00 bits per heavy atom. The monoisotopic (exact) mass is 354 g/mol. The Labute approximate surface area is 51.7 Å². The number of nitrogens with zero attached hydrogens (tertiary/aromatic N) is 1. The first kappa shape index (κ1) is 15.7. The number of rotatable bonds is 0. The van der Waals surface area contributed by atoms with Crippen molar-refractivity contribution in [2.75, 3.05) is 0 Å². The second-order valence-corrected chi connectivity index (χ2v) is 0.832. The molecular formula is C7H13CmN-2. The van der Waals surface area contributed by atoms with E-state index in [4.69, 9.17) is 0 Å². The van der Waals surface area contributed by atoms with Gasteiger partial charge in [0.1, 0.15) is 0 Å². The van der Waals surface area contributed by atoms with Crippen LogP contribution < -0.4 is 4.98 Å². The molecular weight excluding hydrogens is 345 g/mol. The summed E-state index contributed by atoms with van der Waals surface area (Å²) in [5.41, 5.74) is 0. The summed E-state index contributed by atoms with van der Waals surface area (Å²) in [6.45, 7) is 4.00. The van der Waals surface area contributed by atoms with E-state index in [1.54, 1.807) is 12.4 Å². The molecule has 0 N–H and O–H groups in total. The van der Waals surface area contributed by atoms with Gasteiger partial charge in [-0.25, -0.2) is 0 Å². The Kier molecular flexibility index (Phi) is 28.3. The van der Waals surface area contributed by atoms with E-state index in [0.29, 0.717) is 0 Å². The van der Waals surface area contributed by atoms with Crippen LogP contribution in [0.5, 0.6) is 0 Å². The third-order valence-corrected chi connectivity index (χ3v) is 0.455. The van der Waals surface area contributed by atoms with Crippen LogP contribution in [0.2, 0.25) is 0 Å². The molecule has 56 valence electrons. The molecule has 0 aliphatic heterocycles. The van der Waals surface area contributed by atoms with Crippen LogP contribution in [-0.4, -0.2) is 0 Å². The third kappa shape index (κ3) is 10.7. The van der Waals surface area contributed by atoms with Gasteiger partial charge in [-0.1, -0.05) is 26.0 Å². The Morgan fingerprint density at radius 2 is 1.33 bits per heavy atom. The van der Waals surface area contributed by atoms with Crippen LogP contribution in [-0.2, 0) is 0 Å². The van der Waals surface area contributed by atoms with E-state index in [2.05, 4.69) is 4.98 Å². The molecule has 9 heavy (non-hydrogen) atoms. The van der Waals surface area contributed by atoms with Gasteiger partial charge in [-0.3, -0.25) is 0 Å². The van der Waals surface area contributed by atoms with Gasteiger partial charge in [0.05, 0.1) is 0 Å². The molecule has 0 spiro atoms. The summed E-state index contributed by atoms with van der Waals surface area (Å²) in [5, 5.41) is 0. The normalized spacial score (nSPS) is 5.11. The van der Waals surface area contributed by atoms with E-state index in [1.165, 1.54) is 0 Å². The molecule has 1 aromatic rings. The second-order valence-electron chi connectivity index (χ2n) is 0.832. The minimum Gasteiger partial charge on any atom is -0.670 e. The number of hydrogen-bond acceptors (Lipinski definition) is 0. The van der Waals surface area contributed by atoms with E-state index >= 15 is 0 Å². The van der Waals surface area contributed by atoms with Crippen LogP contribution in [0.3, 0.4) is 0 Å². The van der Waals surface area contributed by atoms with E-state index in [9.17, 15) is 0 Å². The van der Waals surface area contributed by atoms with Gasteiger partial charge in [0.15, 0.2) is 0 Å². The molecule has 1 heterocycles. The molecule has 0 aliphatic carbocycles. The molecule has 0 atom stereocenters. The minimum atomic E-state index is 0. The largest absolute Gasteiger partial charge is 0.670 e. The summed E-state index contributed by atoms with van der Waals surface area (Å²) in [5.74, 6) is 0. The van der Waals surface area contributed by atoms with Gasteiger partial charge in [-0.05, 0) is 0 Å². The Hall–Kier alpha value is -1.72. The zero-order valence-electron chi connectivity index (χ0n) is 6.11. The maximum absolute atomic E-state index is 3.72. The Morgan fingerprint density at radius 3 is 1.44 bits per heavy atom. The van der Waals surface area contributed by atoms with Crippen molar-refractivity contribution in [3.63, 3.8) is 0 Å². The average Bonchev–Trinajstić information content (AvgIpc) is 2.23. The molecule has 0 aliphatic rings. The standard InChI is InChI=1S/C4H4N.C2H6.CH3.Cm/c1-2-4-5-3-1;1-2;;/h1-4H;1-2H3;1H3;/q-1;;-1;. The fourth-order valence-corrected chi connectivity index (χ4v) is 0.248. The van der Waals surface area contributed by atoms with E-state index in [-0.39, 0.29) is 7.43 Å². The quantitative estimate of drug-likeness (QED) is 0.648. The van der Waals surface area contributed by atoms with E-state index in [1.807, 2.05) is 26.0 Å². The smallest absolute Gasteiger partial charge is 0 e. The van der Waals surface area contributed by atoms with Crippen molar-refractivity contribution in [3.05, 3.63) is 32.0 Å². The molecule has 0 saturated heterocycles. The molecule has 0 aromatic carbocycles. The molecule has 1 nitrogen and oxygen atoms in total. The Bertz CT molecular complexity index is 65.4. The van der Waals surface area contributed by atoms with Crippen LogP contribution >= 0.6 is 0 Å². The molecule has 1 rings (SSSR count). The van der Waals surface area contributed by atoms with Crippen molar-refractivity contribution in [3.8, 4) is 0 Å². The topological polar surface area (TPSA) is 14.1 Å². The molecule has 1 aromatic heterocycles. The predicted molar refractivity (Wildman–Crippen MR) is 37.5 cm³/mol. The molecule has 0 bridgehead atoms. The summed E-state index contributed by atoms with van der Waals surface area (Å²) in [6.07, 6.45) is 3.50. The first-order valence-electron chi connectivity index (χ1n) is 2.52. The zero-order chi connectivity index (χ0) is 5.54. The molecule has 0 fully saturated rings. The number of aromatic nitrogens is 1. The first-order valence-corrected chi connectivity index (χ1v) is 2.52. The SMILES string of the molecule is CC.[CH3-].[Cm].c1cc[n-]c1. The summed E-state index contributed by atoms with van der Waals surface area (Å²) in [4.78, 5) is 3.72. The van der Waals surface area contributed by atoms with Crippen molar-refractivity contribution in [2.24, 2.45) is 0 Å².